The van der Waals surface area contributed by atoms with Gasteiger partial charge in [-0.2, -0.15) is 0 Å². The van der Waals surface area contributed by atoms with Crippen LogP contribution >= 0.6 is 9.13 Å². The minimum Gasteiger partial charge on any atom is -0.545 e. The Morgan fingerprint density at radius 3 is 1.38 bits per heavy atom. The predicted octanol–water partition coefficient (Wildman–Crippen LogP) is 3.57. The normalized spacial score (nSPS) is 12.0. The second-order valence-electron chi connectivity index (χ2n) is 5.32. The minimum atomic E-state index is -1.19. The molecule has 0 aliphatic heterocycles. The fraction of sp³-hybridized carbons (Fsp3) is 0.0476. The van der Waals surface area contributed by atoms with Crippen LogP contribution in [0.2, 0.25) is 0 Å². The van der Waals surface area contributed by atoms with Crippen LogP contribution in [0.1, 0.15) is 20.7 Å². The van der Waals surface area contributed by atoms with Crippen molar-refractivity contribution in [3.8, 4) is 22.3 Å². The van der Waals surface area contributed by atoms with Gasteiger partial charge in [0, 0.05) is 0 Å². The molecule has 5 heteroatoms. The highest BCUT2D eigenvalue weighted by Gasteiger charge is 2.04. The van der Waals surface area contributed by atoms with Gasteiger partial charge in [-0.25, -0.2) is 4.79 Å². The van der Waals surface area contributed by atoms with Gasteiger partial charge in [-0.15, -0.1) is 9.13 Å². The molecule has 3 rings (SSSR count). The minimum absolute atomic E-state index is 0.147. The van der Waals surface area contributed by atoms with Crippen LogP contribution in [0.25, 0.3) is 22.3 Å². The average Bonchev–Trinajstić information content (AvgIpc) is 2.68. The molecule has 0 radical (unpaired) electrons. The van der Waals surface area contributed by atoms with E-state index in [0.29, 0.717) is 0 Å². The monoisotopic (exact) mass is 368 g/mol. The van der Waals surface area contributed by atoms with Crippen molar-refractivity contribution < 1.29 is 19.8 Å². The van der Waals surface area contributed by atoms with Gasteiger partial charge >= 0.3 is 5.97 Å². The van der Waals surface area contributed by atoms with Gasteiger partial charge < -0.3 is 15.0 Å². The van der Waals surface area contributed by atoms with Crippen molar-refractivity contribution in [2.75, 3.05) is 6.66 Å². The van der Waals surface area contributed by atoms with Gasteiger partial charge in [-0.1, -0.05) is 67.3 Å². The fourth-order valence-corrected chi connectivity index (χ4v) is 2.46. The lowest BCUT2D eigenvalue weighted by Crippen LogP contribution is -2.21. The molecule has 0 amide bonds. The number of carboxylic acids is 2. The number of hydrogen-bond acceptors (Lipinski definition) is 3. The summed E-state index contributed by atoms with van der Waals surface area (Å²) in [6, 6.07) is 21.0. The van der Waals surface area contributed by atoms with Gasteiger partial charge in [0.05, 0.1) is 14.1 Å². The Hall–Kier alpha value is -2.97. The van der Waals surface area contributed by atoms with Gasteiger partial charge in [0.25, 0.3) is 0 Å². The van der Waals surface area contributed by atoms with Gasteiger partial charge in [-0.05, 0) is 39.9 Å². The zero-order valence-electron chi connectivity index (χ0n) is 16.0. The Kier molecular flexibility index (Phi) is 5.67. The van der Waals surface area contributed by atoms with E-state index in [4.69, 9.17) is 7.66 Å². The van der Waals surface area contributed by atoms with Crippen LogP contribution in [0.4, 0.5) is 0 Å². The van der Waals surface area contributed by atoms with Crippen molar-refractivity contribution >= 4 is 21.1 Å². The third kappa shape index (κ3) is 4.56. The first kappa shape index (κ1) is 16.5. The summed E-state index contributed by atoms with van der Waals surface area (Å²) in [5.74, 6) is -2.14. The number of hydrogen-bond donors (Lipinski definition) is 1. The van der Waals surface area contributed by atoms with Crippen LogP contribution in [0.5, 0.6) is 0 Å². The summed E-state index contributed by atoms with van der Waals surface area (Å²) in [4.78, 5) is 21.6. The van der Waals surface area contributed by atoms with E-state index in [9.17, 15) is 14.7 Å². The molecule has 1 atom stereocenters. The number of benzene rings is 3. The smallest absolute Gasteiger partial charge is 0.335 e. The highest BCUT2D eigenvalue weighted by atomic mass is 31.0. The highest BCUT2D eigenvalue weighted by molar-refractivity contribution is 7.15. The Labute approximate surface area is 156 Å². The molecule has 0 saturated carbocycles. The molecule has 0 fully saturated rings. The summed E-state index contributed by atoms with van der Waals surface area (Å²) in [5.41, 5.74) is 4.18. The van der Waals surface area contributed by atoms with Crippen LogP contribution in [0.3, 0.4) is 0 Å². The van der Waals surface area contributed by atoms with E-state index in [1.807, 2.05) is 24.3 Å². The Bertz CT molecular complexity index is 858. The molecule has 3 aromatic carbocycles. The van der Waals surface area contributed by atoms with E-state index < -0.39 is 21.1 Å². The Morgan fingerprint density at radius 2 is 1.12 bits per heavy atom. The second kappa shape index (κ2) is 8.93. The van der Waals surface area contributed by atoms with Crippen LogP contribution in [-0.2, 0) is 0 Å². The molecule has 0 saturated heterocycles. The molecule has 3 aromatic rings. The first-order valence-electron chi connectivity index (χ1n) is 8.64. The first-order chi connectivity index (χ1) is 13.3. The number of rotatable bonds is 4. The van der Waals surface area contributed by atoms with Gasteiger partial charge in [0.15, 0.2) is 0 Å². The summed E-state index contributed by atoms with van der Waals surface area (Å²) >= 11 is 0. The average molecular weight is 368 g/mol. The third-order valence-corrected chi connectivity index (χ3v) is 3.80. The van der Waals surface area contributed by atoms with E-state index in [1.54, 1.807) is 43.1 Å². The maximum absolute atomic E-state index is 10.9. The SMILES string of the molecule is O=C([O-])c1ccc(-c2ccc(-c3ccc(C(=O)O)cc3)cc2)cc1.[2H]P([3H])C. The first-order valence-corrected chi connectivity index (χ1v) is 8.64. The molecule has 0 bridgehead atoms. The van der Waals surface area contributed by atoms with Crippen molar-refractivity contribution in [1.29, 1.82) is 2.56 Å². The van der Waals surface area contributed by atoms with Crippen molar-refractivity contribution in [3.05, 3.63) is 83.9 Å². The molecule has 1 unspecified atom stereocenters. The molecule has 0 heterocycles. The molecule has 0 aliphatic rings. The Morgan fingerprint density at radius 1 is 0.846 bits per heavy atom. The van der Waals surface area contributed by atoms with Crippen LogP contribution in [-0.4, -0.2) is 26.3 Å². The highest BCUT2D eigenvalue weighted by Crippen LogP contribution is 2.25. The molecule has 26 heavy (non-hydrogen) atoms. The number of carbonyl (C=O) groups excluding carboxylic acids is 1. The van der Waals surface area contributed by atoms with Crippen LogP contribution in [0, 0.1) is 0 Å². The van der Waals surface area contributed by atoms with E-state index in [-0.39, 0.29) is 11.1 Å². The van der Waals surface area contributed by atoms with Crippen molar-refractivity contribution in [1.82, 2.24) is 0 Å². The topological polar surface area (TPSA) is 77.4 Å². The summed E-state index contributed by atoms with van der Waals surface area (Å²) < 4.78 is 12.6. The van der Waals surface area contributed by atoms with Gasteiger partial charge in [0.2, 0.25) is 0 Å². The van der Waals surface area contributed by atoms with E-state index in [1.165, 1.54) is 12.1 Å². The molecule has 0 aromatic heterocycles. The van der Waals surface area contributed by atoms with E-state index in [2.05, 4.69) is 0 Å². The Balaban J connectivity index is 0.000000640. The number of carbonyl (C=O) groups is 2. The maximum atomic E-state index is 10.9. The zero-order valence-corrected chi connectivity index (χ0v) is 14.9. The van der Waals surface area contributed by atoms with Gasteiger partial charge in [-0.3, -0.25) is 0 Å². The van der Waals surface area contributed by atoms with Crippen LogP contribution < -0.4 is 5.11 Å². The summed E-state index contributed by atoms with van der Waals surface area (Å²) in [7, 11) is -1.12. The molecular formula is C21H18O4P-. The van der Waals surface area contributed by atoms with Gasteiger partial charge in [0.1, 0.15) is 0 Å². The molecule has 0 spiro atoms. The molecule has 0 aliphatic carbocycles. The molecular weight excluding hydrogens is 347 g/mol. The van der Waals surface area contributed by atoms with Crippen molar-refractivity contribution in [2.24, 2.45) is 0 Å². The lowest BCUT2D eigenvalue weighted by atomic mass is 9.99. The zero-order chi connectivity index (χ0) is 20.7. The fourth-order valence-electron chi connectivity index (χ4n) is 2.46. The lowest BCUT2D eigenvalue weighted by molar-refractivity contribution is -0.255. The molecule has 1 N–H and O–H groups in total. The van der Waals surface area contributed by atoms with E-state index in [0.717, 1.165) is 22.3 Å². The largest absolute Gasteiger partial charge is 0.545 e. The lowest BCUT2D eigenvalue weighted by Gasteiger charge is -2.07. The number of aromatic carboxylic acids is 2. The number of carboxylic acid groups (broad SMARTS) is 2. The third-order valence-electron chi connectivity index (χ3n) is 3.80. The summed E-state index contributed by atoms with van der Waals surface area (Å²) in [6.45, 7) is 1.56. The summed E-state index contributed by atoms with van der Waals surface area (Å²) in [6.07, 6.45) is 0. The van der Waals surface area contributed by atoms with Crippen LogP contribution in [0.15, 0.2) is 72.8 Å². The second-order valence-corrected chi connectivity index (χ2v) is 5.32. The van der Waals surface area contributed by atoms with Crippen molar-refractivity contribution in [3.63, 3.8) is 0 Å². The van der Waals surface area contributed by atoms with E-state index >= 15 is 0 Å². The maximum Gasteiger partial charge on any atom is 0.335 e. The summed E-state index contributed by atoms with van der Waals surface area (Å²) in [5, 5.41) is 19.7. The molecule has 4 nitrogen and oxygen atoms in total. The standard InChI is InChI=1S/C20H14O4.CH5P/c21-19(22)17-9-5-15(6-10-17)13-1-2-14(4-3-13)16-7-11-18(12-8-16)20(23)24;1-2/h1-12H,(H,21,22)(H,23,24);2H2,1H3/p-1/i;2TD. The molecule has 132 valence electrons. The van der Waals surface area contributed by atoms with Crippen molar-refractivity contribution in [2.45, 2.75) is 0 Å². The quantitative estimate of drug-likeness (QED) is 0.714. The predicted molar refractivity (Wildman–Crippen MR) is 104 cm³/mol.